The Kier molecular flexibility index (Phi) is 3.14. The van der Waals surface area contributed by atoms with Gasteiger partial charge in [-0.2, -0.15) is 0 Å². The number of rotatable bonds is 3. The van der Waals surface area contributed by atoms with E-state index in [0.29, 0.717) is 5.69 Å². The van der Waals surface area contributed by atoms with E-state index >= 15 is 0 Å². The van der Waals surface area contributed by atoms with Gasteiger partial charge in [0.2, 0.25) is 0 Å². The highest BCUT2D eigenvalue weighted by atomic mass is 16.4. The maximum atomic E-state index is 10.9. The van der Waals surface area contributed by atoms with Crippen molar-refractivity contribution in [2.45, 2.75) is 0 Å². The number of aromatic carboxylic acids is 1. The average Bonchev–Trinajstić information content (AvgIpc) is 2.39. The fraction of sp³-hybridized carbons (Fsp3) is 0.0769. The summed E-state index contributed by atoms with van der Waals surface area (Å²) in [6.07, 6.45) is 3.31. The molecular formula is C13H12N2O3. The van der Waals surface area contributed by atoms with Crippen molar-refractivity contribution in [1.29, 1.82) is 0 Å². The Morgan fingerprint density at radius 3 is 2.44 bits per heavy atom. The van der Waals surface area contributed by atoms with Crippen LogP contribution in [-0.4, -0.2) is 28.2 Å². The largest absolute Gasteiger partial charge is 0.507 e. The molecule has 2 aromatic rings. The van der Waals surface area contributed by atoms with Crippen LogP contribution in [0.5, 0.6) is 5.75 Å². The number of hydrogen-bond donors (Lipinski definition) is 2. The summed E-state index contributed by atoms with van der Waals surface area (Å²) in [4.78, 5) is 16.7. The van der Waals surface area contributed by atoms with Crippen LogP contribution in [0, 0.1) is 0 Å². The minimum Gasteiger partial charge on any atom is -0.507 e. The van der Waals surface area contributed by atoms with Gasteiger partial charge in [-0.25, -0.2) is 4.79 Å². The van der Waals surface area contributed by atoms with Gasteiger partial charge in [-0.1, -0.05) is 0 Å². The van der Waals surface area contributed by atoms with Crippen LogP contribution in [0.3, 0.4) is 0 Å². The molecule has 0 aliphatic heterocycles. The zero-order chi connectivity index (χ0) is 13.1. The zero-order valence-corrected chi connectivity index (χ0v) is 9.74. The number of hydrogen-bond acceptors (Lipinski definition) is 4. The van der Waals surface area contributed by atoms with Crippen molar-refractivity contribution < 1.29 is 15.0 Å². The standard InChI is InChI=1S/C13H12N2O3/c1-15(9-4-6-14-7-5-9)10-2-3-12(16)11(8-10)13(17)18/h2-8,16H,1H3,(H,17,18). The first-order valence-corrected chi connectivity index (χ1v) is 5.29. The molecule has 0 amide bonds. The SMILES string of the molecule is CN(c1ccncc1)c1ccc(O)c(C(=O)O)c1. The smallest absolute Gasteiger partial charge is 0.339 e. The summed E-state index contributed by atoms with van der Waals surface area (Å²) in [5.41, 5.74) is 1.44. The van der Waals surface area contributed by atoms with Crippen LogP contribution in [0.1, 0.15) is 10.4 Å². The van der Waals surface area contributed by atoms with Crippen LogP contribution >= 0.6 is 0 Å². The first-order chi connectivity index (χ1) is 8.59. The lowest BCUT2D eigenvalue weighted by atomic mass is 10.1. The molecule has 0 bridgehead atoms. The number of nitrogens with zero attached hydrogens (tertiary/aromatic N) is 2. The summed E-state index contributed by atoms with van der Waals surface area (Å²) in [5.74, 6) is -1.40. The second-order valence-electron chi connectivity index (χ2n) is 3.77. The highest BCUT2D eigenvalue weighted by molar-refractivity contribution is 5.92. The number of aromatic nitrogens is 1. The van der Waals surface area contributed by atoms with Gasteiger partial charge in [0.15, 0.2) is 0 Å². The lowest BCUT2D eigenvalue weighted by molar-refractivity contribution is 0.0694. The second kappa shape index (κ2) is 4.75. The molecule has 1 aromatic carbocycles. The molecule has 1 aromatic heterocycles. The Morgan fingerprint density at radius 2 is 1.83 bits per heavy atom. The summed E-state index contributed by atoms with van der Waals surface area (Å²) in [7, 11) is 1.81. The summed E-state index contributed by atoms with van der Waals surface area (Å²) in [6.45, 7) is 0. The Hall–Kier alpha value is -2.56. The first kappa shape index (κ1) is 11.9. The predicted octanol–water partition coefficient (Wildman–Crippen LogP) is 2.25. The Morgan fingerprint density at radius 1 is 1.17 bits per heavy atom. The third kappa shape index (κ3) is 2.24. The molecule has 5 nitrogen and oxygen atoms in total. The van der Waals surface area contributed by atoms with Crippen LogP contribution in [0.4, 0.5) is 11.4 Å². The van der Waals surface area contributed by atoms with Gasteiger partial charge in [-0.05, 0) is 30.3 Å². The third-order valence-electron chi connectivity index (χ3n) is 2.65. The van der Waals surface area contributed by atoms with Gasteiger partial charge < -0.3 is 15.1 Å². The summed E-state index contributed by atoms with van der Waals surface area (Å²) in [5, 5.41) is 18.4. The van der Waals surface area contributed by atoms with Crippen LogP contribution in [0.2, 0.25) is 0 Å². The highest BCUT2D eigenvalue weighted by Crippen LogP contribution is 2.27. The molecule has 0 spiro atoms. The molecule has 0 radical (unpaired) electrons. The molecule has 1 heterocycles. The number of benzene rings is 1. The second-order valence-corrected chi connectivity index (χ2v) is 3.77. The molecule has 0 aliphatic rings. The predicted molar refractivity (Wildman–Crippen MR) is 67.4 cm³/mol. The summed E-state index contributed by atoms with van der Waals surface area (Å²) < 4.78 is 0. The topological polar surface area (TPSA) is 73.7 Å². The van der Waals surface area contributed by atoms with E-state index in [1.165, 1.54) is 12.1 Å². The maximum Gasteiger partial charge on any atom is 0.339 e. The summed E-state index contributed by atoms with van der Waals surface area (Å²) >= 11 is 0. The van der Waals surface area contributed by atoms with E-state index < -0.39 is 5.97 Å². The van der Waals surface area contributed by atoms with Gasteiger partial charge in [0.05, 0.1) is 0 Å². The number of carboxylic acid groups (broad SMARTS) is 1. The van der Waals surface area contributed by atoms with E-state index in [2.05, 4.69) is 4.98 Å². The molecule has 0 saturated heterocycles. The van der Waals surface area contributed by atoms with Gasteiger partial charge in [-0.15, -0.1) is 0 Å². The minimum absolute atomic E-state index is 0.117. The molecule has 0 unspecified atom stereocenters. The molecule has 2 rings (SSSR count). The molecule has 0 atom stereocenters. The van der Waals surface area contributed by atoms with Crippen molar-refractivity contribution in [2.24, 2.45) is 0 Å². The van der Waals surface area contributed by atoms with E-state index in [4.69, 9.17) is 5.11 Å². The molecule has 18 heavy (non-hydrogen) atoms. The van der Waals surface area contributed by atoms with Gasteiger partial charge >= 0.3 is 5.97 Å². The Bertz CT molecular complexity index is 570. The maximum absolute atomic E-state index is 10.9. The van der Waals surface area contributed by atoms with Crippen molar-refractivity contribution >= 4 is 17.3 Å². The number of aromatic hydroxyl groups is 1. The van der Waals surface area contributed by atoms with Gasteiger partial charge in [-0.3, -0.25) is 4.98 Å². The van der Waals surface area contributed by atoms with Gasteiger partial charge in [0, 0.05) is 30.8 Å². The van der Waals surface area contributed by atoms with E-state index in [9.17, 15) is 9.90 Å². The minimum atomic E-state index is -1.16. The Balaban J connectivity index is 2.40. The van der Waals surface area contributed by atoms with Crippen LogP contribution in [0.15, 0.2) is 42.7 Å². The molecule has 2 N–H and O–H groups in total. The molecule has 0 fully saturated rings. The lowest BCUT2D eigenvalue weighted by Gasteiger charge is -2.19. The summed E-state index contributed by atoms with van der Waals surface area (Å²) in [6, 6.07) is 8.08. The van der Waals surface area contributed by atoms with Gasteiger partial charge in [0.25, 0.3) is 0 Å². The van der Waals surface area contributed by atoms with Crippen molar-refractivity contribution in [1.82, 2.24) is 4.98 Å². The number of carbonyl (C=O) groups is 1. The fourth-order valence-corrected chi connectivity index (χ4v) is 1.62. The van der Waals surface area contributed by atoms with E-state index in [-0.39, 0.29) is 11.3 Å². The Labute approximate surface area is 104 Å². The molecular weight excluding hydrogens is 232 g/mol. The number of carboxylic acids is 1. The van der Waals surface area contributed by atoms with Crippen molar-refractivity contribution in [2.75, 3.05) is 11.9 Å². The van der Waals surface area contributed by atoms with E-state index in [1.807, 2.05) is 24.1 Å². The normalized spacial score (nSPS) is 10.1. The van der Waals surface area contributed by atoms with E-state index in [1.54, 1.807) is 18.5 Å². The monoisotopic (exact) mass is 244 g/mol. The zero-order valence-electron chi connectivity index (χ0n) is 9.74. The van der Waals surface area contributed by atoms with Crippen LogP contribution in [-0.2, 0) is 0 Å². The molecule has 0 aliphatic carbocycles. The lowest BCUT2D eigenvalue weighted by Crippen LogP contribution is -2.10. The molecule has 92 valence electrons. The highest BCUT2D eigenvalue weighted by Gasteiger charge is 2.12. The number of anilines is 2. The fourth-order valence-electron chi connectivity index (χ4n) is 1.62. The molecule has 0 saturated carbocycles. The number of pyridine rings is 1. The van der Waals surface area contributed by atoms with Crippen molar-refractivity contribution in [3.8, 4) is 5.75 Å². The molecule has 5 heteroatoms. The first-order valence-electron chi connectivity index (χ1n) is 5.29. The quantitative estimate of drug-likeness (QED) is 0.866. The van der Waals surface area contributed by atoms with Crippen LogP contribution < -0.4 is 4.90 Å². The van der Waals surface area contributed by atoms with Gasteiger partial charge in [0.1, 0.15) is 11.3 Å². The average molecular weight is 244 g/mol. The van der Waals surface area contributed by atoms with Crippen LogP contribution in [0.25, 0.3) is 0 Å². The van der Waals surface area contributed by atoms with Crippen molar-refractivity contribution in [3.05, 3.63) is 48.3 Å². The van der Waals surface area contributed by atoms with Crippen molar-refractivity contribution in [3.63, 3.8) is 0 Å². The van der Waals surface area contributed by atoms with E-state index in [0.717, 1.165) is 5.69 Å². The third-order valence-corrected chi connectivity index (χ3v) is 2.65. The number of phenols is 1.